The first-order chi connectivity index (χ1) is 12.0. The van der Waals surface area contributed by atoms with Crippen molar-refractivity contribution in [2.24, 2.45) is 0 Å². The van der Waals surface area contributed by atoms with E-state index >= 15 is 0 Å². The van der Waals surface area contributed by atoms with Gasteiger partial charge in [-0.05, 0) is 32.4 Å². The number of rotatable bonds is 3. The van der Waals surface area contributed by atoms with Crippen LogP contribution in [0.15, 0.2) is 24.3 Å². The van der Waals surface area contributed by atoms with Crippen molar-refractivity contribution in [3.8, 4) is 5.88 Å². The number of carbonyl (C=O) groups is 1. The minimum atomic E-state index is 0.109. The summed E-state index contributed by atoms with van der Waals surface area (Å²) in [6.07, 6.45) is 0. The first-order valence-electron chi connectivity index (χ1n) is 8.49. The Labute approximate surface area is 148 Å². The number of piperazine rings is 1. The number of methoxy groups -OCH3 is 1. The summed E-state index contributed by atoms with van der Waals surface area (Å²) in [4.78, 5) is 25.6. The average Bonchev–Trinajstić information content (AvgIpc) is 2.62. The number of ether oxygens (including phenoxy) is 1. The van der Waals surface area contributed by atoms with Gasteiger partial charge in [-0.1, -0.05) is 17.7 Å². The standard InChI is InChI=1S/C19H24N4O2/c1-13-5-6-14(2)16(11-13)19(24)23-9-7-22(8-10-23)17-12-18(25-4)21-15(3)20-17/h5-6,11-12H,7-10H2,1-4H3. The quantitative estimate of drug-likeness (QED) is 0.858. The molecule has 132 valence electrons. The number of carbonyl (C=O) groups excluding carboxylic acids is 1. The van der Waals surface area contributed by atoms with Gasteiger partial charge in [0, 0.05) is 37.8 Å². The van der Waals surface area contributed by atoms with Crippen molar-refractivity contribution in [3.63, 3.8) is 0 Å². The third-order valence-corrected chi connectivity index (χ3v) is 4.52. The fourth-order valence-electron chi connectivity index (χ4n) is 3.07. The molecule has 1 fully saturated rings. The van der Waals surface area contributed by atoms with Crippen LogP contribution in [0.1, 0.15) is 27.3 Å². The van der Waals surface area contributed by atoms with Crippen molar-refractivity contribution >= 4 is 11.7 Å². The van der Waals surface area contributed by atoms with Crippen LogP contribution in [0.3, 0.4) is 0 Å². The molecule has 0 aliphatic carbocycles. The minimum absolute atomic E-state index is 0.109. The maximum atomic E-state index is 12.8. The lowest BCUT2D eigenvalue weighted by molar-refractivity contribution is 0.0745. The lowest BCUT2D eigenvalue weighted by atomic mass is 10.0. The van der Waals surface area contributed by atoms with E-state index < -0.39 is 0 Å². The fourth-order valence-corrected chi connectivity index (χ4v) is 3.07. The Morgan fingerprint density at radius 3 is 2.44 bits per heavy atom. The highest BCUT2D eigenvalue weighted by Crippen LogP contribution is 2.20. The predicted molar refractivity (Wildman–Crippen MR) is 97.4 cm³/mol. The van der Waals surface area contributed by atoms with Gasteiger partial charge in [0.25, 0.3) is 5.91 Å². The highest BCUT2D eigenvalue weighted by Gasteiger charge is 2.24. The second-order valence-corrected chi connectivity index (χ2v) is 6.41. The molecule has 6 heteroatoms. The molecule has 1 amide bonds. The van der Waals surface area contributed by atoms with Gasteiger partial charge in [-0.2, -0.15) is 4.98 Å². The highest BCUT2D eigenvalue weighted by atomic mass is 16.5. The monoisotopic (exact) mass is 340 g/mol. The first kappa shape index (κ1) is 17.2. The molecule has 0 saturated carbocycles. The van der Waals surface area contributed by atoms with E-state index in [2.05, 4.69) is 14.9 Å². The summed E-state index contributed by atoms with van der Waals surface area (Å²) in [7, 11) is 1.60. The van der Waals surface area contributed by atoms with Crippen LogP contribution in [0, 0.1) is 20.8 Å². The Morgan fingerprint density at radius 2 is 1.76 bits per heavy atom. The molecule has 0 atom stereocenters. The van der Waals surface area contributed by atoms with Crippen LogP contribution in [0.4, 0.5) is 5.82 Å². The Balaban J connectivity index is 1.70. The lowest BCUT2D eigenvalue weighted by Crippen LogP contribution is -2.49. The molecule has 25 heavy (non-hydrogen) atoms. The Kier molecular flexibility index (Phi) is 4.88. The van der Waals surface area contributed by atoms with Gasteiger partial charge in [-0.3, -0.25) is 4.79 Å². The van der Waals surface area contributed by atoms with E-state index in [1.807, 2.05) is 49.9 Å². The van der Waals surface area contributed by atoms with E-state index in [0.717, 1.165) is 35.6 Å². The zero-order valence-corrected chi connectivity index (χ0v) is 15.2. The SMILES string of the molecule is COc1cc(N2CCN(C(=O)c3cc(C)ccc3C)CC2)nc(C)n1. The number of amides is 1. The molecule has 1 aliphatic heterocycles. The summed E-state index contributed by atoms with van der Waals surface area (Å²) in [6, 6.07) is 7.86. The summed E-state index contributed by atoms with van der Waals surface area (Å²) >= 11 is 0. The maximum Gasteiger partial charge on any atom is 0.254 e. The van der Waals surface area contributed by atoms with Crippen LogP contribution in [0.25, 0.3) is 0 Å². The number of aryl methyl sites for hydroxylation is 3. The average molecular weight is 340 g/mol. The van der Waals surface area contributed by atoms with E-state index in [4.69, 9.17) is 4.74 Å². The topological polar surface area (TPSA) is 58.6 Å². The molecule has 0 unspecified atom stereocenters. The number of anilines is 1. The van der Waals surface area contributed by atoms with Crippen LogP contribution in [0.2, 0.25) is 0 Å². The Hall–Kier alpha value is -2.63. The number of benzene rings is 1. The number of hydrogen-bond donors (Lipinski definition) is 0. The predicted octanol–water partition coefficient (Wildman–Crippen LogP) is 2.37. The number of nitrogens with zero attached hydrogens (tertiary/aromatic N) is 4. The molecule has 2 aromatic rings. The summed E-state index contributed by atoms with van der Waals surface area (Å²) in [5.74, 6) is 2.21. The van der Waals surface area contributed by atoms with E-state index in [1.165, 1.54) is 0 Å². The van der Waals surface area contributed by atoms with Gasteiger partial charge >= 0.3 is 0 Å². The molecule has 0 radical (unpaired) electrons. The Morgan fingerprint density at radius 1 is 1.04 bits per heavy atom. The van der Waals surface area contributed by atoms with E-state index in [1.54, 1.807) is 7.11 Å². The van der Waals surface area contributed by atoms with E-state index in [-0.39, 0.29) is 5.91 Å². The molecule has 6 nitrogen and oxygen atoms in total. The van der Waals surface area contributed by atoms with Crippen LogP contribution >= 0.6 is 0 Å². The highest BCUT2D eigenvalue weighted by molar-refractivity contribution is 5.96. The van der Waals surface area contributed by atoms with Gasteiger partial charge in [0.05, 0.1) is 7.11 Å². The summed E-state index contributed by atoms with van der Waals surface area (Å²) in [5, 5.41) is 0. The van der Waals surface area contributed by atoms with Gasteiger partial charge < -0.3 is 14.5 Å². The molecule has 1 aliphatic rings. The van der Waals surface area contributed by atoms with E-state index in [9.17, 15) is 4.79 Å². The lowest BCUT2D eigenvalue weighted by Gasteiger charge is -2.35. The summed E-state index contributed by atoms with van der Waals surface area (Å²) in [5.41, 5.74) is 2.93. The van der Waals surface area contributed by atoms with Crippen LogP contribution in [0.5, 0.6) is 5.88 Å². The fraction of sp³-hybridized carbons (Fsp3) is 0.421. The molecule has 3 rings (SSSR count). The molecular formula is C19H24N4O2. The van der Waals surface area contributed by atoms with E-state index in [0.29, 0.717) is 24.8 Å². The van der Waals surface area contributed by atoms with Crippen molar-refractivity contribution in [1.29, 1.82) is 0 Å². The van der Waals surface area contributed by atoms with Crippen LogP contribution in [-0.4, -0.2) is 54.1 Å². The second-order valence-electron chi connectivity index (χ2n) is 6.41. The molecule has 0 N–H and O–H groups in total. The van der Waals surface area contributed by atoms with Gasteiger partial charge in [0.15, 0.2) is 0 Å². The zero-order valence-electron chi connectivity index (χ0n) is 15.2. The van der Waals surface area contributed by atoms with Crippen LogP contribution in [-0.2, 0) is 0 Å². The summed E-state index contributed by atoms with van der Waals surface area (Å²) < 4.78 is 5.23. The number of hydrogen-bond acceptors (Lipinski definition) is 5. The maximum absolute atomic E-state index is 12.8. The second kappa shape index (κ2) is 7.09. The zero-order chi connectivity index (χ0) is 18.0. The Bertz CT molecular complexity index is 783. The van der Waals surface area contributed by atoms with Crippen molar-refractivity contribution in [1.82, 2.24) is 14.9 Å². The normalized spacial score (nSPS) is 14.6. The largest absolute Gasteiger partial charge is 0.481 e. The van der Waals surface area contributed by atoms with Gasteiger partial charge in [0.1, 0.15) is 11.6 Å². The molecule has 0 bridgehead atoms. The third kappa shape index (κ3) is 3.73. The van der Waals surface area contributed by atoms with Crippen molar-refractivity contribution in [3.05, 3.63) is 46.8 Å². The molecule has 2 heterocycles. The first-order valence-corrected chi connectivity index (χ1v) is 8.49. The van der Waals surface area contributed by atoms with Crippen LogP contribution < -0.4 is 9.64 Å². The van der Waals surface area contributed by atoms with Gasteiger partial charge in [-0.25, -0.2) is 4.98 Å². The van der Waals surface area contributed by atoms with Crippen molar-refractivity contribution in [2.45, 2.75) is 20.8 Å². The van der Waals surface area contributed by atoms with Gasteiger partial charge in [-0.15, -0.1) is 0 Å². The van der Waals surface area contributed by atoms with Crippen molar-refractivity contribution in [2.75, 3.05) is 38.2 Å². The van der Waals surface area contributed by atoms with Crippen molar-refractivity contribution < 1.29 is 9.53 Å². The molecule has 0 spiro atoms. The minimum Gasteiger partial charge on any atom is -0.481 e. The van der Waals surface area contributed by atoms with Gasteiger partial charge in [0.2, 0.25) is 5.88 Å². The third-order valence-electron chi connectivity index (χ3n) is 4.52. The molecule has 1 aromatic carbocycles. The molecule has 1 saturated heterocycles. The summed E-state index contributed by atoms with van der Waals surface area (Å²) in [6.45, 7) is 8.70. The molecule has 1 aromatic heterocycles. The number of aromatic nitrogens is 2. The molecular weight excluding hydrogens is 316 g/mol. The smallest absolute Gasteiger partial charge is 0.254 e.